The van der Waals surface area contributed by atoms with Crippen molar-refractivity contribution in [1.82, 2.24) is 15.5 Å². The predicted molar refractivity (Wildman–Crippen MR) is 89.6 cm³/mol. The minimum Gasteiger partial charge on any atom is -0.454 e. The molecule has 8 nitrogen and oxygen atoms in total. The van der Waals surface area contributed by atoms with Gasteiger partial charge in [-0.25, -0.2) is 4.79 Å². The van der Waals surface area contributed by atoms with Gasteiger partial charge in [-0.15, -0.1) is 0 Å². The van der Waals surface area contributed by atoms with Gasteiger partial charge in [-0.1, -0.05) is 6.07 Å². The molecule has 4 heterocycles. The number of carbonyl (C=O) groups is 2. The fourth-order valence-corrected chi connectivity index (χ4v) is 3.95. The Bertz CT molecular complexity index is 815. The van der Waals surface area contributed by atoms with Crippen molar-refractivity contribution in [3.05, 3.63) is 35.0 Å². The van der Waals surface area contributed by atoms with Gasteiger partial charge in [0.2, 0.25) is 6.79 Å². The molecule has 0 aromatic heterocycles. The van der Waals surface area contributed by atoms with Crippen LogP contribution in [0.1, 0.15) is 24.4 Å². The van der Waals surface area contributed by atoms with Crippen LogP contribution in [0, 0.1) is 0 Å². The van der Waals surface area contributed by atoms with Gasteiger partial charge in [0.1, 0.15) is 0 Å². The van der Waals surface area contributed by atoms with E-state index in [1.165, 1.54) is 0 Å². The summed E-state index contributed by atoms with van der Waals surface area (Å²) < 4.78 is 16.4. The van der Waals surface area contributed by atoms with Crippen molar-refractivity contribution in [3.8, 4) is 11.5 Å². The number of nitrogens with one attached hydrogen (secondary N) is 2. The third-order valence-electron chi connectivity index (χ3n) is 5.20. The maximum atomic E-state index is 13.0. The SMILES string of the molecule is O=C1NC2=C(C(=O)N(C[C@@H]3CCCO3)C2)[C@H](c2ccc3c(c2)OCO3)N1. The summed E-state index contributed by atoms with van der Waals surface area (Å²) in [5.74, 6) is 1.23. The van der Waals surface area contributed by atoms with Crippen molar-refractivity contribution in [3.63, 3.8) is 0 Å². The maximum absolute atomic E-state index is 13.0. The first-order valence-corrected chi connectivity index (χ1v) is 8.80. The summed E-state index contributed by atoms with van der Waals surface area (Å²) >= 11 is 0. The van der Waals surface area contributed by atoms with Gasteiger partial charge in [0.05, 0.1) is 30.0 Å². The zero-order valence-electron chi connectivity index (χ0n) is 14.1. The first kappa shape index (κ1) is 15.5. The van der Waals surface area contributed by atoms with Crippen LogP contribution < -0.4 is 20.1 Å². The number of nitrogens with zero attached hydrogens (tertiary/aromatic N) is 1. The van der Waals surface area contributed by atoms with Crippen molar-refractivity contribution in [2.75, 3.05) is 26.5 Å². The van der Waals surface area contributed by atoms with E-state index in [1.807, 2.05) is 12.1 Å². The van der Waals surface area contributed by atoms with Crippen LogP contribution in [0.5, 0.6) is 11.5 Å². The molecule has 1 saturated heterocycles. The van der Waals surface area contributed by atoms with E-state index in [4.69, 9.17) is 14.2 Å². The molecule has 4 aliphatic heterocycles. The third kappa shape index (κ3) is 2.48. The molecule has 1 aromatic carbocycles. The van der Waals surface area contributed by atoms with E-state index in [0.717, 1.165) is 25.0 Å². The smallest absolute Gasteiger partial charge is 0.319 e. The Labute approximate surface area is 150 Å². The zero-order valence-corrected chi connectivity index (χ0v) is 14.1. The van der Waals surface area contributed by atoms with Crippen molar-refractivity contribution in [2.24, 2.45) is 0 Å². The van der Waals surface area contributed by atoms with E-state index < -0.39 is 6.04 Å². The van der Waals surface area contributed by atoms with Gasteiger partial charge in [0.25, 0.3) is 5.91 Å². The molecule has 2 atom stereocenters. The van der Waals surface area contributed by atoms with Crippen LogP contribution in [-0.2, 0) is 9.53 Å². The number of hydrogen-bond donors (Lipinski definition) is 2. The lowest BCUT2D eigenvalue weighted by Crippen LogP contribution is -2.44. The lowest BCUT2D eigenvalue weighted by molar-refractivity contribution is -0.127. The van der Waals surface area contributed by atoms with Gasteiger partial charge in [-0.3, -0.25) is 4.79 Å². The number of fused-ring (bicyclic) bond motifs is 1. The Kier molecular flexibility index (Phi) is 3.53. The highest BCUT2D eigenvalue weighted by molar-refractivity contribution is 6.01. The molecule has 26 heavy (non-hydrogen) atoms. The summed E-state index contributed by atoms with van der Waals surface area (Å²) in [7, 11) is 0. The number of hydrogen-bond acceptors (Lipinski definition) is 5. The second-order valence-corrected chi connectivity index (χ2v) is 6.86. The second-order valence-electron chi connectivity index (χ2n) is 6.86. The molecule has 0 aliphatic carbocycles. The van der Waals surface area contributed by atoms with E-state index in [1.54, 1.807) is 11.0 Å². The van der Waals surface area contributed by atoms with Crippen LogP contribution in [0.3, 0.4) is 0 Å². The summed E-state index contributed by atoms with van der Waals surface area (Å²) in [5, 5.41) is 5.64. The minimum absolute atomic E-state index is 0.0642. The molecular weight excluding hydrogens is 338 g/mol. The molecule has 8 heteroatoms. The standard InChI is InChI=1S/C18H19N3O5/c22-17-15-12(8-21(17)7-11-2-1-5-24-11)19-18(23)20-16(15)10-3-4-13-14(6-10)26-9-25-13/h3-4,6,11,16H,1-2,5,7-9H2,(H2,19,20,23)/t11-,16-/m0/s1. The number of benzene rings is 1. The molecule has 0 bridgehead atoms. The Morgan fingerprint density at radius 3 is 2.92 bits per heavy atom. The summed E-state index contributed by atoms with van der Waals surface area (Å²) in [6.07, 6.45) is 2.07. The first-order valence-electron chi connectivity index (χ1n) is 8.80. The van der Waals surface area contributed by atoms with E-state index in [9.17, 15) is 9.59 Å². The maximum Gasteiger partial charge on any atom is 0.319 e. The molecule has 1 fully saturated rings. The van der Waals surface area contributed by atoms with Crippen LogP contribution in [-0.4, -0.2) is 49.4 Å². The molecule has 5 rings (SSSR count). The molecule has 0 saturated carbocycles. The van der Waals surface area contributed by atoms with Crippen LogP contribution in [0.4, 0.5) is 4.79 Å². The van der Waals surface area contributed by atoms with Crippen molar-refractivity contribution < 1.29 is 23.8 Å². The van der Waals surface area contributed by atoms with Gasteiger partial charge < -0.3 is 29.7 Å². The van der Waals surface area contributed by atoms with Crippen molar-refractivity contribution in [1.29, 1.82) is 0 Å². The van der Waals surface area contributed by atoms with E-state index in [-0.39, 0.29) is 24.8 Å². The highest BCUT2D eigenvalue weighted by Gasteiger charge is 2.41. The van der Waals surface area contributed by atoms with E-state index in [0.29, 0.717) is 35.9 Å². The summed E-state index contributed by atoms with van der Waals surface area (Å²) in [4.78, 5) is 26.9. The largest absolute Gasteiger partial charge is 0.454 e. The summed E-state index contributed by atoms with van der Waals surface area (Å²) in [6.45, 7) is 1.88. The number of ether oxygens (including phenoxy) is 3. The zero-order chi connectivity index (χ0) is 17.7. The number of amides is 3. The number of carbonyl (C=O) groups excluding carboxylic acids is 2. The lowest BCUT2D eigenvalue weighted by atomic mass is 9.96. The monoisotopic (exact) mass is 357 g/mol. The molecule has 1 aromatic rings. The molecule has 136 valence electrons. The van der Waals surface area contributed by atoms with Crippen LogP contribution in [0.25, 0.3) is 0 Å². The highest BCUT2D eigenvalue weighted by Crippen LogP contribution is 2.38. The fraction of sp³-hybridized carbons (Fsp3) is 0.444. The summed E-state index contributed by atoms with van der Waals surface area (Å²) in [6, 6.07) is 4.66. The predicted octanol–water partition coefficient (Wildman–Crippen LogP) is 1.04. The molecule has 4 aliphatic rings. The van der Waals surface area contributed by atoms with Gasteiger partial charge in [-0.2, -0.15) is 0 Å². The molecule has 0 spiro atoms. The Balaban J connectivity index is 1.43. The summed E-state index contributed by atoms with van der Waals surface area (Å²) in [5.41, 5.74) is 2.05. The quantitative estimate of drug-likeness (QED) is 0.844. The lowest BCUT2D eigenvalue weighted by Gasteiger charge is -2.25. The average molecular weight is 357 g/mol. The normalized spacial score (nSPS) is 26.8. The Hall–Kier alpha value is -2.74. The van der Waals surface area contributed by atoms with Crippen LogP contribution >= 0.6 is 0 Å². The number of urea groups is 1. The Morgan fingerprint density at radius 2 is 2.08 bits per heavy atom. The molecular formula is C18H19N3O5. The van der Waals surface area contributed by atoms with E-state index >= 15 is 0 Å². The van der Waals surface area contributed by atoms with E-state index in [2.05, 4.69) is 10.6 Å². The molecule has 2 N–H and O–H groups in total. The van der Waals surface area contributed by atoms with Gasteiger partial charge >= 0.3 is 6.03 Å². The van der Waals surface area contributed by atoms with Gasteiger partial charge in [0, 0.05) is 13.2 Å². The minimum atomic E-state index is -0.504. The highest BCUT2D eigenvalue weighted by atomic mass is 16.7. The third-order valence-corrected chi connectivity index (χ3v) is 5.20. The van der Waals surface area contributed by atoms with Crippen LogP contribution in [0.2, 0.25) is 0 Å². The van der Waals surface area contributed by atoms with Crippen molar-refractivity contribution in [2.45, 2.75) is 25.0 Å². The second kappa shape index (κ2) is 5.91. The number of rotatable bonds is 3. The van der Waals surface area contributed by atoms with Gasteiger partial charge in [-0.05, 0) is 30.5 Å². The Morgan fingerprint density at radius 1 is 1.19 bits per heavy atom. The van der Waals surface area contributed by atoms with Gasteiger partial charge in [0.15, 0.2) is 11.5 Å². The fourth-order valence-electron chi connectivity index (χ4n) is 3.95. The molecule has 0 radical (unpaired) electrons. The molecule has 0 unspecified atom stereocenters. The molecule has 3 amide bonds. The first-order chi connectivity index (χ1) is 12.7. The van der Waals surface area contributed by atoms with Crippen LogP contribution in [0.15, 0.2) is 29.5 Å². The topological polar surface area (TPSA) is 89.1 Å². The average Bonchev–Trinajstić information content (AvgIpc) is 3.35. The van der Waals surface area contributed by atoms with Crippen molar-refractivity contribution >= 4 is 11.9 Å².